The van der Waals surface area contributed by atoms with Crippen molar-refractivity contribution in [2.75, 3.05) is 0 Å². The van der Waals surface area contributed by atoms with Gasteiger partial charge in [-0.3, -0.25) is 0 Å². The Morgan fingerprint density at radius 2 is 1.95 bits per heavy atom. The summed E-state index contributed by atoms with van der Waals surface area (Å²) in [6.07, 6.45) is 0. The summed E-state index contributed by atoms with van der Waals surface area (Å²) in [6.45, 7) is 2.00. The summed E-state index contributed by atoms with van der Waals surface area (Å²) in [4.78, 5) is 0. The first-order valence-corrected chi connectivity index (χ1v) is 6.37. The van der Waals surface area contributed by atoms with Crippen molar-refractivity contribution >= 4 is 11.6 Å². The van der Waals surface area contributed by atoms with Crippen LogP contribution in [0.15, 0.2) is 42.5 Å². The van der Waals surface area contributed by atoms with Gasteiger partial charge in [0.25, 0.3) is 0 Å². The zero-order chi connectivity index (χ0) is 13.8. The molecule has 19 heavy (non-hydrogen) atoms. The summed E-state index contributed by atoms with van der Waals surface area (Å²) in [5, 5.41) is 0.0987. The lowest BCUT2D eigenvalue weighted by atomic mass is 10.1. The van der Waals surface area contributed by atoms with Gasteiger partial charge in [-0.15, -0.1) is 0 Å². The molecule has 0 aromatic heterocycles. The van der Waals surface area contributed by atoms with E-state index < -0.39 is 5.82 Å². The molecule has 0 saturated carbocycles. The van der Waals surface area contributed by atoms with Gasteiger partial charge in [-0.1, -0.05) is 41.9 Å². The maximum Gasteiger partial charge on any atom is 0.148 e. The van der Waals surface area contributed by atoms with Gasteiger partial charge in [0, 0.05) is 17.2 Å². The second-order valence-electron chi connectivity index (χ2n) is 4.33. The average molecular weight is 280 g/mol. The van der Waals surface area contributed by atoms with Crippen molar-refractivity contribution in [3.63, 3.8) is 0 Å². The summed E-state index contributed by atoms with van der Waals surface area (Å²) >= 11 is 5.73. The van der Waals surface area contributed by atoms with Crippen molar-refractivity contribution in [3.05, 3.63) is 64.4 Å². The zero-order valence-electron chi connectivity index (χ0n) is 10.6. The molecule has 2 nitrogen and oxygen atoms in total. The number of benzene rings is 2. The predicted molar refractivity (Wildman–Crippen MR) is 74.8 cm³/mol. The number of halogens is 2. The molecule has 0 amide bonds. The fourth-order valence-electron chi connectivity index (χ4n) is 1.80. The molecule has 0 heterocycles. The third-order valence-electron chi connectivity index (χ3n) is 2.82. The molecule has 2 aromatic rings. The Labute approximate surface area is 117 Å². The second kappa shape index (κ2) is 6.04. The van der Waals surface area contributed by atoms with Crippen LogP contribution in [0, 0.1) is 5.82 Å². The lowest BCUT2D eigenvalue weighted by Crippen LogP contribution is -2.08. The summed E-state index contributed by atoms with van der Waals surface area (Å²) in [7, 11) is 0. The van der Waals surface area contributed by atoms with Gasteiger partial charge in [-0.25, -0.2) is 4.39 Å². The van der Waals surface area contributed by atoms with Gasteiger partial charge in [0.15, 0.2) is 0 Å². The molecule has 0 aliphatic carbocycles. The van der Waals surface area contributed by atoms with E-state index in [1.54, 1.807) is 12.1 Å². The van der Waals surface area contributed by atoms with Crippen LogP contribution in [-0.2, 0) is 6.61 Å². The fourth-order valence-corrected chi connectivity index (χ4v) is 2.00. The van der Waals surface area contributed by atoms with Crippen LogP contribution in [-0.4, -0.2) is 0 Å². The molecule has 0 spiro atoms. The highest BCUT2D eigenvalue weighted by molar-refractivity contribution is 6.30. The maximum atomic E-state index is 13.7. The first-order chi connectivity index (χ1) is 9.09. The fraction of sp³-hybridized carbons (Fsp3) is 0.200. The van der Waals surface area contributed by atoms with Crippen molar-refractivity contribution in [1.82, 2.24) is 0 Å². The Morgan fingerprint density at radius 1 is 1.21 bits per heavy atom. The molecule has 2 N–H and O–H groups in total. The van der Waals surface area contributed by atoms with Crippen LogP contribution in [0.2, 0.25) is 5.02 Å². The molecule has 1 atom stereocenters. The van der Waals surface area contributed by atoms with Crippen molar-refractivity contribution in [2.24, 2.45) is 5.73 Å². The number of rotatable bonds is 4. The topological polar surface area (TPSA) is 35.2 Å². The van der Waals surface area contributed by atoms with Crippen LogP contribution < -0.4 is 10.5 Å². The Bertz CT molecular complexity index is 572. The predicted octanol–water partition coefficient (Wildman–Crippen LogP) is 4.08. The number of hydrogen-bond acceptors (Lipinski definition) is 2. The van der Waals surface area contributed by atoms with Crippen LogP contribution in [0.4, 0.5) is 4.39 Å². The SMILES string of the molecule is C[C@@H](N)c1ccccc1OCc1cccc(Cl)c1F. The van der Waals surface area contributed by atoms with Gasteiger partial charge in [0.05, 0.1) is 5.02 Å². The number of nitrogens with two attached hydrogens (primary N) is 1. The van der Waals surface area contributed by atoms with Gasteiger partial charge in [0.2, 0.25) is 0 Å². The monoisotopic (exact) mass is 279 g/mol. The summed E-state index contributed by atoms with van der Waals surface area (Å²) in [6, 6.07) is 12.2. The van der Waals surface area contributed by atoms with Crippen LogP contribution in [0.3, 0.4) is 0 Å². The van der Waals surface area contributed by atoms with Crippen LogP contribution >= 0.6 is 11.6 Å². The first-order valence-electron chi connectivity index (χ1n) is 6.00. The standard InChI is InChI=1S/C15H15ClFNO/c1-10(18)12-6-2-3-8-14(12)19-9-11-5-4-7-13(16)15(11)17/h2-8,10H,9,18H2,1H3/t10-/m1/s1. The highest BCUT2D eigenvalue weighted by atomic mass is 35.5. The van der Waals surface area contributed by atoms with E-state index in [0.29, 0.717) is 11.3 Å². The van der Waals surface area contributed by atoms with Crippen LogP contribution in [0.25, 0.3) is 0 Å². The Hall–Kier alpha value is -1.58. The van der Waals surface area contributed by atoms with E-state index in [9.17, 15) is 4.39 Å². The van der Waals surface area contributed by atoms with E-state index in [1.807, 2.05) is 31.2 Å². The van der Waals surface area contributed by atoms with Crippen molar-refractivity contribution in [3.8, 4) is 5.75 Å². The van der Waals surface area contributed by atoms with Gasteiger partial charge < -0.3 is 10.5 Å². The maximum absolute atomic E-state index is 13.7. The summed E-state index contributed by atoms with van der Waals surface area (Å²) in [5.41, 5.74) is 7.18. The molecule has 4 heteroatoms. The van der Waals surface area contributed by atoms with E-state index >= 15 is 0 Å². The van der Waals surface area contributed by atoms with E-state index in [-0.39, 0.29) is 17.7 Å². The molecule has 0 unspecified atom stereocenters. The van der Waals surface area contributed by atoms with Gasteiger partial charge in [-0.05, 0) is 19.1 Å². The number of para-hydroxylation sites is 1. The molecule has 0 aliphatic heterocycles. The van der Waals surface area contributed by atoms with Crippen molar-refractivity contribution in [1.29, 1.82) is 0 Å². The minimum absolute atomic E-state index is 0.0987. The van der Waals surface area contributed by atoms with Crippen LogP contribution in [0.1, 0.15) is 24.1 Å². The smallest absolute Gasteiger partial charge is 0.148 e. The molecule has 0 aliphatic rings. The Kier molecular flexibility index (Phi) is 4.40. The van der Waals surface area contributed by atoms with E-state index in [1.165, 1.54) is 6.07 Å². The van der Waals surface area contributed by atoms with Crippen molar-refractivity contribution < 1.29 is 9.13 Å². The minimum Gasteiger partial charge on any atom is -0.488 e. The average Bonchev–Trinajstić information content (AvgIpc) is 2.40. The minimum atomic E-state index is -0.442. The largest absolute Gasteiger partial charge is 0.488 e. The van der Waals surface area contributed by atoms with E-state index in [2.05, 4.69) is 0 Å². The molecule has 0 bridgehead atoms. The lowest BCUT2D eigenvalue weighted by Gasteiger charge is -2.14. The Morgan fingerprint density at radius 3 is 2.68 bits per heavy atom. The summed E-state index contributed by atoms with van der Waals surface area (Å²) in [5.74, 6) is 0.222. The molecular weight excluding hydrogens is 265 g/mol. The van der Waals surface area contributed by atoms with E-state index in [4.69, 9.17) is 22.1 Å². The first kappa shape index (κ1) is 13.8. The molecule has 2 aromatic carbocycles. The van der Waals surface area contributed by atoms with Gasteiger partial charge in [-0.2, -0.15) is 0 Å². The molecule has 100 valence electrons. The molecule has 0 fully saturated rings. The zero-order valence-corrected chi connectivity index (χ0v) is 11.3. The third kappa shape index (κ3) is 3.25. The second-order valence-corrected chi connectivity index (χ2v) is 4.74. The van der Waals surface area contributed by atoms with Crippen LogP contribution in [0.5, 0.6) is 5.75 Å². The van der Waals surface area contributed by atoms with E-state index in [0.717, 1.165) is 5.56 Å². The number of ether oxygens (including phenoxy) is 1. The molecule has 2 rings (SSSR count). The molecule has 0 saturated heterocycles. The summed E-state index contributed by atoms with van der Waals surface area (Å²) < 4.78 is 19.4. The quantitative estimate of drug-likeness (QED) is 0.915. The number of hydrogen-bond donors (Lipinski definition) is 1. The van der Waals surface area contributed by atoms with Crippen molar-refractivity contribution in [2.45, 2.75) is 19.6 Å². The lowest BCUT2D eigenvalue weighted by molar-refractivity contribution is 0.295. The van der Waals surface area contributed by atoms with Gasteiger partial charge in [0.1, 0.15) is 18.2 Å². The molecule has 0 radical (unpaired) electrons. The Balaban J connectivity index is 2.17. The highest BCUT2D eigenvalue weighted by Crippen LogP contribution is 2.25. The highest BCUT2D eigenvalue weighted by Gasteiger charge is 2.10. The third-order valence-corrected chi connectivity index (χ3v) is 3.12. The molecular formula is C15H15ClFNO. The van der Waals surface area contributed by atoms with Gasteiger partial charge >= 0.3 is 0 Å². The normalized spacial score (nSPS) is 12.2.